The zero-order chi connectivity index (χ0) is 8.10. The van der Waals surface area contributed by atoms with Crippen molar-refractivity contribution in [2.24, 2.45) is 10.9 Å². The lowest BCUT2D eigenvalue weighted by molar-refractivity contribution is 0.562. The molecular formula is C9H11NO. The van der Waals surface area contributed by atoms with E-state index in [0.29, 0.717) is 12.5 Å². The molecule has 0 bridgehead atoms. The van der Waals surface area contributed by atoms with Crippen molar-refractivity contribution in [3.63, 3.8) is 0 Å². The number of hydrogen-bond acceptors (Lipinski definition) is 2. The first kappa shape index (κ1) is 7.96. The Kier molecular flexibility index (Phi) is 2.82. The SMILES string of the molecule is CC1CC=CC=C1CN=C=O. The molecule has 0 fully saturated rings. The largest absolute Gasteiger partial charge is 0.235 e. The molecule has 1 aliphatic rings. The van der Waals surface area contributed by atoms with E-state index < -0.39 is 0 Å². The van der Waals surface area contributed by atoms with Crippen molar-refractivity contribution in [1.82, 2.24) is 0 Å². The first-order valence-electron chi connectivity index (χ1n) is 3.74. The Morgan fingerprint density at radius 2 is 2.64 bits per heavy atom. The zero-order valence-electron chi connectivity index (χ0n) is 6.58. The second-order valence-corrected chi connectivity index (χ2v) is 2.71. The van der Waals surface area contributed by atoms with E-state index in [4.69, 9.17) is 0 Å². The maximum Gasteiger partial charge on any atom is 0.235 e. The Hall–Kier alpha value is -1.14. The lowest BCUT2D eigenvalue weighted by Crippen LogP contribution is -2.03. The van der Waals surface area contributed by atoms with Crippen LogP contribution >= 0.6 is 0 Å². The van der Waals surface area contributed by atoms with E-state index in [0.717, 1.165) is 6.42 Å². The molecule has 58 valence electrons. The van der Waals surface area contributed by atoms with E-state index in [9.17, 15) is 4.79 Å². The van der Waals surface area contributed by atoms with Gasteiger partial charge in [0, 0.05) is 0 Å². The van der Waals surface area contributed by atoms with Crippen molar-refractivity contribution < 1.29 is 4.79 Å². The first-order chi connectivity index (χ1) is 5.34. The molecule has 0 amide bonds. The van der Waals surface area contributed by atoms with Gasteiger partial charge in [0.25, 0.3) is 0 Å². The fourth-order valence-electron chi connectivity index (χ4n) is 1.12. The summed E-state index contributed by atoms with van der Waals surface area (Å²) in [5.74, 6) is 0.525. The summed E-state index contributed by atoms with van der Waals surface area (Å²) in [4.78, 5) is 13.4. The molecule has 0 aromatic heterocycles. The number of hydrogen-bond donors (Lipinski definition) is 0. The van der Waals surface area contributed by atoms with Crippen LogP contribution < -0.4 is 0 Å². The van der Waals surface area contributed by atoms with Crippen molar-refractivity contribution in [3.8, 4) is 0 Å². The molecule has 0 aliphatic heterocycles. The maximum atomic E-state index is 9.82. The quantitative estimate of drug-likeness (QED) is 0.435. The van der Waals surface area contributed by atoms with Crippen LogP contribution in [0.3, 0.4) is 0 Å². The van der Waals surface area contributed by atoms with Crippen LogP contribution in [0.2, 0.25) is 0 Å². The number of isocyanates is 1. The monoisotopic (exact) mass is 149 g/mol. The highest BCUT2D eigenvalue weighted by Crippen LogP contribution is 2.19. The second-order valence-electron chi connectivity index (χ2n) is 2.71. The summed E-state index contributed by atoms with van der Waals surface area (Å²) >= 11 is 0. The van der Waals surface area contributed by atoms with Crippen LogP contribution in [0.5, 0.6) is 0 Å². The molecule has 0 heterocycles. The summed E-state index contributed by atoms with van der Waals surface area (Å²) in [6.07, 6.45) is 8.76. The lowest BCUT2D eigenvalue weighted by atomic mass is 9.93. The van der Waals surface area contributed by atoms with Gasteiger partial charge in [0.1, 0.15) is 0 Å². The van der Waals surface area contributed by atoms with Crippen molar-refractivity contribution >= 4 is 6.08 Å². The van der Waals surface area contributed by atoms with Crippen molar-refractivity contribution in [2.75, 3.05) is 6.54 Å². The third-order valence-corrected chi connectivity index (χ3v) is 1.90. The molecule has 0 spiro atoms. The van der Waals surface area contributed by atoms with E-state index in [2.05, 4.69) is 18.0 Å². The number of aliphatic imine (C=N–C) groups is 1. The van der Waals surface area contributed by atoms with Gasteiger partial charge in [0.05, 0.1) is 6.54 Å². The molecule has 1 aliphatic carbocycles. The fourth-order valence-corrected chi connectivity index (χ4v) is 1.12. The van der Waals surface area contributed by atoms with Gasteiger partial charge >= 0.3 is 0 Å². The van der Waals surface area contributed by atoms with Crippen LogP contribution in [0.15, 0.2) is 28.8 Å². The van der Waals surface area contributed by atoms with E-state index in [1.807, 2.05) is 12.2 Å². The summed E-state index contributed by atoms with van der Waals surface area (Å²) in [5, 5.41) is 0. The minimum Gasteiger partial charge on any atom is -0.211 e. The van der Waals surface area contributed by atoms with Crippen molar-refractivity contribution in [2.45, 2.75) is 13.3 Å². The first-order valence-corrected chi connectivity index (χ1v) is 3.74. The van der Waals surface area contributed by atoms with Gasteiger partial charge in [-0.15, -0.1) is 0 Å². The van der Waals surface area contributed by atoms with Crippen molar-refractivity contribution in [3.05, 3.63) is 23.8 Å². The van der Waals surface area contributed by atoms with Gasteiger partial charge in [0.2, 0.25) is 6.08 Å². The minimum absolute atomic E-state index is 0.509. The summed E-state index contributed by atoms with van der Waals surface area (Å²) < 4.78 is 0. The van der Waals surface area contributed by atoms with Gasteiger partial charge < -0.3 is 0 Å². The lowest BCUT2D eigenvalue weighted by Gasteiger charge is -2.13. The molecule has 1 atom stereocenters. The number of nitrogens with zero attached hydrogens (tertiary/aromatic N) is 1. The van der Waals surface area contributed by atoms with E-state index in [1.165, 1.54) is 5.57 Å². The molecule has 1 rings (SSSR count). The molecule has 0 aromatic carbocycles. The van der Waals surface area contributed by atoms with Crippen LogP contribution in [-0.4, -0.2) is 12.6 Å². The summed E-state index contributed by atoms with van der Waals surface area (Å²) in [7, 11) is 0. The number of carbonyl (C=O) groups excluding carboxylic acids is 1. The van der Waals surface area contributed by atoms with E-state index >= 15 is 0 Å². The predicted octanol–water partition coefficient (Wildman–Crippen LogP) is 1.84. The molecule has 0 radical (unpaired) electrons. The highest BCUT2D eigenvalue weighted by atomic mass is 16.1. The Balaban J connectivity index is 2.60. The predicted molar refractivity (Wildman–Crippen MR) is 44.0 cm³/mol. The van der Waals surface area contributed by atoms with E-state index in [1.54, 1.807) is 6.08 Å². The molecule has 0 saturated heterocycles. The van der Waals surface area contributed by atoms with Gasteiger partial charge in [0.15, 0.2) is 0 Å². The average molecular weight is 149 g/mol. The fraction of sp³-hybridized carbons (Fsp3) is 0.444. The molecule has 2 nitrogen and oxygen atoms in total. The number of allylic oxidation sites excluding steroid dienone is 3. The smallest absolute Gasteiger partial charge is 0.211 e. The zero-order valence-corrected chi connectivity index (χ0v) is 6.58. The summed E-state index contributed by atoms with van der Waals surface area (Å²) in [6, 6.07) is 0. The molecule has 11 heavy (non-hydrogen) atoms. The summed E-state index contributed by atoms with van der Waals surface area (Å²) in [5.41, 5.74) is 1.22. The Morgan fingerprint density at radius 1 is 1.82 bits per heavy atom. The van der Waals surface area contributed by atoms with E-state index in [-0.39, 0.29) is 0 Å². The average Bonchev–Trinajstić information content (AvgIpc) is 2.03. The summed E-state index contributed by atoms with van der Waals surface area (Å²) in [6.45, 7) is 2.64. The Bertz CT molecular complexity index is 234. The van der Waals surface area contributed by atoms with Gasteiger partial charge in [-0.25, -0.2) is 9.79 Å². The normalized spacial score (nSPS) is 22.3. The minimum atomic E-state index is 0.509. The number of rotatable bonds is 2. The van der Waals surface area contributed by atoms with Gasteiger partial charge in [-0.2, -0.15) is 0 Å². The third-order valence-electron chi connectivity index (χ3n) is 1.90. The molecule has 0 aromatic rings. The topological polar surface area (TPSA) is 29.4 Å². The van der Waals surface area contributed by atoms with Crippen molar-refractivity contribution in [1.29, 1.82) is 0 Å². The van der Waals surface area contributed by atoms with Crippen LogP contribution in [-0.2, 0) is 4.79 Å². The standard InChI is InChI=1S/C9H11NO/c1-8-4-2-3-5-9(8)6-10-7-11/h2-3,5,8H,4,6H2,1H3. The Labute approximate surface area is 66.3 Å². The van der Waals surface area contributed by atoms with Gasteiger partial charge in [-0.05, 0) is 17.9 Å². The van der Waals surface area contributed by atoms with Gasteiger partial charge in [-0.1, -0.05) is 25.2 Å². The maximum absolute atomic E-state index is 9.82. The van der Waals surface area contributed by atoms with Crippen LogP contribution in [0.4, 0.5) is 0 Å². The van der Waals surface area contributed by atoms with Crippen LogP contribution in [0, 0.1) is 5.92 Å². The Morgan fingerprint density at radius 3 is 3.27 bits per heavy atom. The highest BCUT2D eigenvalue weighted by molar-refractivity contribution is 5.34. The molecule has 0 N–H and O–H groups in total. The molecule has 0 saturated carbocycles. The molecular weight excluding hydrogens is 138 g/mol. The van der Waals surface area contributed by atoms with Gasteiger partial charge in [-0.3, -0.25) is 0 Å². The van der Waals surface area contributed by atoms with Crippen LogP contribution in [0.25, 0.3) is 0 Å². The molecule has 2 heteroatoms. The molecule has 1 unspecified atom stereocenters. The van der Waals surface area contributed by atoms with Crippen LogP contribution in [0.1, 0.15) is 13.3 Å². The third kappa shape index (κ3) is 2.17. The second kappa shape index (κ2) is 3.89. The highest BCUT2D eigenvalue weighted by Gasteiger charge is 2.07.